The first-order valence-electron chi connectivity index (χ1n) is 6.86. The normalized spacial score (nSPS) is 15.1. The van der Waals surface area contributed by atoms with E-state index in [4.69, 9.17) is 10.2 Å². The SMILES string of the molecule is CC(C)(O)C(C(C[CH]C(=O)O)C(=O)O)C(C)(C)C[CH]C(=O)O. The van der Waals surface area contributed by atoms with Crippen LogP contribution in [0.25, 0.3) is 0 Å². The highest BCUT2D eigenvalue weighted by Crippen LogP contribution is 2.44. The molecule has 0 amide bonds. The summed E-state index contributed by atoms with van der Waals surface area (Å²) in [6, 6.07) is 0. The first-order chi connectivity index (χ1) is 9.79. The van der Waals surface area contributed by atoms with Crippen molar-refractivity contribution in [1.29, 1.82) is 0 Å². The number of carboxylic acids is 3. The van der Waals surface area contributed by atoms with Crippen LogP contribution in [-0.4, -0.2) is 43.9 Å². The van der Waals surface area contributed by atoms with Gasteiger partial charge in [0.25, 0.3) is 0 Å². The molecular formula is C15H24O7. The van der Waals surface area contributed by atoms with Crippen LogP contribution < -0.4 is 0 Å². The summed E-state index contributed by atoms with van der Waals surface area (Å²) >= 11 is 0. The van der Waals surface area contributed by atoms with Crippen molar-refractivity contribution in [2.75, 3.05) is 0 Å². The molecule has 2 unspecified atom stereocenters. The highest BCUT2D eigenvalue weighted by molar-refractivity contribution is 5.79. The van der Waals surface area contributed by atoms with Crippen molar-refractivity contribution in [1.82, 2.24) is 0 Å². The number of hydrogen-bond donors (Lipinski definition) is 4. The van der Waals surface area contributed by atoms with E-state index in [-0.39, 0.29) is 12.8 Å². The van der Waals surface area contributed by atoms with E-state index in [2.05, 4.69) is 0 Å². The maximum atomic E-state index is 11.5. The monoisotopic (exact) mass is 316 g/mol. The molecule has 0 saturated carbocycles. The van der Waals surface area contributed by atoms with Crippen LogP contribution in [0, 0.1) is 30.1 Å². The summed E-state index contributed by atoms with van der Waals surface area (Å²) in [5.74, 6) is -5.59. The summed E-state index contributed by atoms with van der Waals surface area (Å²) < 4.78 is 0. The van der Waals surface area contributed by atoms with Crippen LogP contribution in [-0.2, 0) is 14.4 Å². The molecule has 0 fully saturated rings. The first kappa shape index (κ1) is 20.4. The maximum Gasteiger partial charge on any atom is 0.307 e. The Balaban J connectivity index is 5.51. The average molecular weight is 316 g/mol. The van der Waals surface area contributed by atoms with Crippen molar-refractivity contribution in [2.24, 2.45) is 17.3 Å². The topological polar surface area (TPSA) is 132 Å². The molecule has 0 spiro atoms. The zero-order chi connectivity index (χ0) is 17.7. The number of hydrogen-bond acceptors (Lipinski definition) is 4. The van der Waals surface area contributed by atoms with Gasteiger partial charge in [-0.1, -0.05) is 13.8 Å². The zero-order valence-corrected chi connectivity index (χ0v) is 13.2. The molecule has 0 aromatic rings. The Labute approximate surface area is 130 Å². The number of rotatable bonds is 10. The molecule has 0 aliphatic heterocycles. The lowest BCUT2D eigenvalue weighted by molar-refractivity contribution is -0.154. The Bertz CT molecular complexity index is 420. The minimum absolute atomic E-state index is 0.0494. The average Bonchev–Trinajstić information content (AvgIpc) is 2.29. The molecule has 0 aliphatic rings. The van der Waals surface area contributed by atoms with E-state index in [1.54, 1.807) is 13.8 Å². The second-order valence-corrected chi connectivity index (χ2v) is 6.59. The van der Waals surface area contributed by atoms with Gasteiger partial charge >= 0.3 is 17.9 Å². The molecule has 0 saturated heterocycles. The number of carbonyl (C=O) groups is 3. The smallest absolute Gasteiger partial charge is 0.307 e. The molecule has 0 heterocycles. The number of carboxylic acid groups (broad SMARTS) is 3. The minimum atomic E-state index is -1.43. The van der Waals surface area contributed by atoms with Crippen molar-refractivity contribution in [3.8, 4) is 0 Å². The fraction of sp³-hybridized carbons (Fsp3) is 0.667. The van der Waals surface area contributed by atoms with Crippen LogP contribution in [0.1, 0.15) is 40.5 Å². The molecule has 2 radical (unpaired) electrons. The number of aliphatic carboxylic acids is 3. The van der Waals surface area contributed by atoms with E-state index in [1.807, 2.05) is 0 Å². The van der Waals surface area contributed by atoms with Crippen LogP contribution >= 0.6 is 0 Å². The Morgan fingerprint density at radius 3 is 1.73 bits per heavy atom. The van der Waals surface area contributed by atoms with Crippen molar-refractivity contribution in [2.45, 2.75) is 46.1 Å². The van der Waals surface area contributed by atoms with Gasteiger partial charge in [-0.2, -0.15) is 0 Å². The molecule has 0 aromatic carbocycles. The third kappa shape index (κ3) is 6.43. The molecule has 4 N–H and O–H groups in total. The molecule has 7 nitrogen and oxygen atoms in total. The molecule has 0 rings (SSSR count). The van der Waals surface area contributed by atoms with E-state index in [0.717, 1.165) is 12.8 Å². The third-order valence-electron chi connectivity index (χ3n) is 3.67. The predicted octanol–water partition coefficient (Wildman–Crippen LogP) is 1.46. The van der Waals surface area contributed by atoms with E-state index in [1.165, 1.54) is 13.8 Å². The van der Waals surface area contributed by atoms with E-state index < -0.39 is 40.8 Å². The Kier molecular flexibility index (Phi) is 7.02. The summed E-state index contributed by atoms with van der Waals surface area (Å²) in [7, 11) is 0. The Morgan fingerprint density at radius 1 is 0.955 bits per heavy atom. The molecule has 0 aromatic heterocycles. The highest BCUT2D eigenvalue weighted by Gasteiger charge is 2.47. The van der Waals surface area contributed by atoms with Gasteiger partial charge in [0, 0.05) is 5.92 Å². The standard InChI is InChI=1S/C15H24O7/c1-14(2,8-7-11(18)19)12(15(3,4)22)9(13(20)21)5-6-10(16)17/h6-7,9,12,22H,5,8H2,1-4H3,(H,16,17)(H,18,19)(H,20,21). The second kappa shape index (κ2) is 7.58. The van der Waals surface area contributed by atoms with Crippen LogP contribution in [0.2, 0.25) is 0 Å². The summed E-state index contributed by atoms with van der Waals surface area (Å²) in [5, 5.41) is 37.3. The van der Waals surface area contributed by atoms with Gasteiger partial charge in [0.15, 0.2) is 0 Å². The maximum absolute atomic E-state index is 11.5. The van der Waals surface area contributed by atoms with Gasteiger partial charge in [-0.25, -0.2) is 0 Å². The van der Waals surface area contributed by atoms with Crippen molar-refractivity contribution < 1.29 is 34.8 Å². The molecule has 7 heteroatoms. The fourth-order valence-corrected chi connectivity index (χ4v) is 3.08. The van der Waals surface area contributed by atoms with Gasteiger partial charge in [0.05, 0.1) is 24.4 Å². The molecule has 0 aliphatic carbocycles. The predicted molar refractivity (Wildman–Crippen MR) is 77.8 cm³/mol. The van der Waals surface area contributed by atoms with Gasteiger partial charge < -0.3 is 20.4 Å². The van der Waals surface area contributed by atoms with Crippen LogP contribution in [0.3, 0.4) is 0 Å². The van der Waals surface area contributed by atoms with E-state index >= 15 is 0 Å². The summed E-state index contributed by atoms with van der Waals surface area (Å²) in [6.45, 7) is 6.20. The first-order valence-corrected chi connectivity index (χ1v) is 6.86. The number of aliphatic hydroxyl groups is 1. The van der Waals surface area contributed by atoms with Crippen molar-refractivity contribution >= 4 is 17.9 Å². The summed E-state index contributed by atoms with van der Waals surface area (Å²) in [6.07, 6.45) is 1.65. The van der Waals surface area contributed by atoms with Gasteiger partial charge in [-0.15, -0.1) is 0 Å². The lowest BCUT2D eigenvalue weighted by Gasteiger charge is -2.44. The third-order valence-corrected chi connectivity index (χ3v) is 3.67. The molecule has 2 atom stereocenters. The fourth-order valence-electron chi connectivity index (χ4n) is 3.08. The minimum Gasteiger partial charge on any atom is -0.481 e. The second-order valence-electron chi connectivity index (χ2n) is 6.59. The largest absolute Gasteiger partial charge is 0.481 e. The molecular weight excluding hydrogens is 292 g/mol. The van der Waals surface area contributed by atoms with E-state index in [0.29, 0.717) is 0 Å². The van der Waals surface area contributed by atoms with Crippen molar-refractivity contribution in [3.05, 3.63) is 12.8 Å². The van der Waals surface area contributed by atoms with Crippen LogP contribution in [0.5, 0.6) is 0 Å². The summed E-state index contributed by atoms with van der Waals surface area (Å²) in [5.41, 5.74) is -2.28. The van der Waals surface area contributed by atoms with Crippen LogP contribution in [0.4, 0.5) is 0 Å². The van der Waals surface area contributed by atoms with Gasteiger partial charge in [-0.05, 0) is 32.1 Å². The van der Waals surface area contributed by atoms with Gasteiger partial charge in [0.2, 0.25) is 0 Å². The molecule has 22 heavy (non-hydrogen) atoms. The molecule has 0 bridgehead atoms. The van der Waals surface area contributed by atoms with Crippen molar-refractivity contribution in [3.63, 3.8) is 0 Å². The Morgan fingerprint density at radius 2 is 1.41 bits per heavy atom. The lowest BCUT2D eigenvalue weighted by atomic mass is 9.62. The van der Waals surface area contributed by atoms with Crippen LogP contribution in [0.15, 0.2) is 0 Å². The van der Waals surface area contributed by atoms with Gasteiger partial charge in [-0.3, -0.25) is 14.4 Å². The Hall–Kier alpha value is -1.63. The summed E-state index contributed by atoms with van der Waals surface area (Å²) in [4.78, 5) is 32.9. The quantitative estimate of drug-likeness (QED) is 0.479. The van der Waals surface area contributed by atoms with E-state index in [9.17, 15) is 24.6 Å². The highest BCUT2D eigenvalue weighted by atomic mass is 16.4. The van der Waals surface area contributed by atoms with Gasteiger partial charge in [0.1, 0.15) is 0 Å². The zero-order valence-electron chi connectivity index (χ0n) is 13.2. The molecule has 126 valence electrons. The lowest BCUT2D eigenvalue weighted by Crippen LogP contribution is -2.48.